The van der Waals surface area contributed by atoms with Gasteiger partial charge in [0.05, 0.1) is 6.04 Å². The van der Waals surface area contributed by atoms with Crippen LogP contribution in [0.15, 0.2) is 36.0 Å². The molecule has 0 radical (unpaired) electrons. The molecule has 6 nitrogen and oxygen atoms in total. The van der Waals surface area contributed by atoms with Crippen LogP contribution in [0.1, 0.15) is 13.3 Å². The van der Waals surface area contributed by atoms with Gasteiger partial charge in [0.2, 0.25) is 5.91 Å². The predicted molar refractivity (Wildman–Crippen MR) is 92.6 cm³/mol. The van der Waals surface area contributed by atoms with Crippen molar-refractivity contribution in [2.45, 2.75) is 19.4 Å². The number of hydrogen-bond acceptors (Lipinski definition) is 6. The Kier molecular flexibility index (Phi) is 5.19. The zero-order valence-corrected chi connectivity index (χ0v) is 13.9. The van der Waals surface area contributed by atoms with E-state index >= 15 is 0 Å². The van der Waals surface area contributed by atoms with E-state index in [4.69, 9.17) is 0 Å². The molecule has 0 aliphatic carbocycles. The van der Waals surface area contributed by atoms with E-state index in [1.54, 1.807) is 12.4 Å². The first-order valence-corrected chi connectivity index (χ1v) is 8.69. The van der Waals surface area contributed by atoms with Crippen molar-refractivity contribution in [1.82, 2.24) is 14.9 Å². The Balaban J connectivity index is 1.46. The van der Waals surface area contributed by atoms with Crippen molar-refractivity contribution in [3.8, 4) is 0 Å². The summed E-state index contributed by atoms with van der Waals surface area (Å²) in [6.45, 7) is 4.71. The lowest BCUT2D eigenvalue weighted by Crippen LogP contribution is -2.41. The monoisotopic (exact) mass is 331 g/mol. The molecule has 0 aromatic carbocycles. The lowest BCUT2D eigenvalue weighted by molar-refractivity contribution is -0.120. The molecule has 122 valence electrons. The minimum absolute atomic E-state index is 0.0123. The maximum Gasteiger partial charge on any atom is 0.243 e. The molecule has 2 aromatic rings. The molecular weight excluding hydrogens is 310 g/mol. The number of carbonyl (C=O) groups excluding carboxylic acids is 1. The van der Waals surface area contributed by atoms with Crippen LogP contribution in [0.3, 0.4) is 0 Å². The third-order valence-corrected chi connectivity index (χ3v) is 4.83. The van der Waals surface area contributed by atoms with E-state index in [9.17, 15) is 4.79 Å². The van der Waals surface area contributed by atoms with Crippen molar-refractivity contribution in [3.05, 3.63) is 36.0 Å². The lowest BCUT2D eigenvalue weighted by Gasteiger charge is -2.23. The fourth-order valence-corrected chi connectivity index (χ4v) is 3.29. The number of nitrogens with one attached hydrogen (secondary N) is 2. The van der Waals surface area contributed by atoms with Gasteiger partial charge < -0.3 is 10.6 Å². The second-order valence-corrected chi connectivity index (χ2v) is 6.64. The van der Waals surface area contributed by atoms with Crippen molar-refractivity contribution in [2.24, 2.45) is 5.92 Å². The van der Waals surface area contributed by atoms with Gasteiger partial charge in [-0.3, -0.25) is 9.69 Å². The van der Waals surface area contributed by atoms with E-state index in [2.05, 4.69) is 25.5 Å². The Morgan fingerprint density at radius 2 is 2.35 bits per heavy atom. The normalized spacial score (nSPS) is 19.4. The molecular formula is C16H21N5OS. The van der Waals surface area contributed by atoms with Gasteiger partial charge in [0, 0.05) is 30.9 Å². The summed E-state index contributed by atoms with van der Waals surface area (Å²) in [7, 11) is 0. The number of hydrogen-bond donors (Lipinski definition) is 2. The zero-order valence-electron chi connectivity index (χ0n) is 13.1. The third kappa shape index (κ3) is 4.27. The topological polar surface area (TPSA) is 70.2 Å². The van der Waals surface area contributed by atoms with Gasteiger partial charge in [-0.2, -0.15) is 0 Å². The molecule has 1 aliphatic rings. The molecule has 0 spiro atoms. The highest BCUT2D eigenvalue weighted by Gasteiger charge is 2.29. The first kappa shape index (κ1) is 15.9. The van der Waals surface area contributed by atoms with Crippen molar-refractivity contribution in [3.63, 3.8) is 0 Å². The quantitative estimate of drug-likeness (QED) is 0.850. The second-order valence-electron chi connectivity index (χ2n) is 5.75. The molecule has 1 fully saturated rings. The summed E-state index contributed by atoms with van der Waals surface area (Å²) in [5, 5.41) is 8.76. The summed E-state index contributed by atoms with van der Waals surface area (Å²) in [6.07, 6.45) is 4.57. The number of amides is 1. The number of carbonyl (C=O) groups is 1. The highest BCUT2D eigenvalue weighted by atomic mass is 32.1. The largest absolute Gasteiger partial charge is 0.370 e. The molecule has 3 heterocycles. The van der Waals surface area contributed by atoms with Gasteiger partial charge in [-0.15, -0.1) is 11.3 Å². The molecule has 23 heavy (non-hydrogen) atoms. The van der Waals surface area contributed by atoms with E-state index in [-0.39, 0.29) is 11.9 Å². The Bertz CT molecular complexity index is 619. The highest BCUT2D eigenvalue weighted by Crippen LogP contribution is 2.20. The number of pyridine rings is 1. The Morgan fingerprint density at radius 3 is 3.09 bits per heavy atom. The molecule has 3 rings (SSSR count). The van der Waals surface area contributed by atoms with Crippen LogP contribution in [-0.4, -0.2) is 46.5 Å². The average Bonchev–Trinajstić information content (AvgIpc) is 3.25. The summed E-state index contributed by atoms with van der Waals surface area (Å²) in [4.78, 5) is 22.9. The second kappa shape index (κ2) is 7.52. The minimum Gasteiger partial charge on any atom is -0.370 e. The molecule has 7 heteroatoms. The molecule has 0 unspecified atom stereocenters. The maximum absolute atomic E-state index is 12.3. The van der Waals surface area contributed by atoms with Crippen LogP contribution >= 0.6 is 11.3 Å². The summed E-state index contributed by atoms with van der Waals surface area (Å²) in [5.74, 6) is 1.45. The number of nitrogens with zero attached hydrogens (tertiary/aromatic N) is 3. The standard InChI is InChI=1S/C16H21N5OS/c1-12(15(22)20-16-18-7-9-23-16)21-8-5-13(11-21)10-19-14-4-2-3-6-17-14/h2-4,6-7,9,12-13H,5,8,10-11H2,1H3,(H,17,19)(H,18,20,22)/t12-,13-/m0/s1. The first-order valence-electron chi connectivity index (χ1n) is 7.81. The van der Waals surface area contributed by atoms with E-state index in [0.29, 0.717) is 11.0 Å². The molecule has 1 saturated heterocycles. The fraction of sp³-hybridized carbons (Fsp3) is 0.438. The van der Waals surface area contributed by atoms with Crippen LogP contribution in [0.5, 0.6) is 0 Å². The van der Waals surface area contributed by atoms with Crippen LogP contribution in [0, 0.1) is 5.92 Å². The van der Waals surface area contributed by atoms with E-state index in [0.717, 1.165) is 31.9 Å². The molecule has 0 saturated carbocycles. The molecule has 2 atom stereocenters. The predicted octanol–water partition coefficient (Wildman–Crippen LogP) is 2.30. The summed E-state index contributed by atoms with van der Waals surface area (Å²) in [6, 6.07) is 5.71. The summed E-state index contributed by atoms with van der Waals surface area (Å²) in [5.41, 5.74) is 0. The lowest BCUT2D eigenvalue weighted by atomic mass is 10.1. The van der Waals surface area contributed by atoms with Gasteiger partial charge in [0.15, 0.2) is 5.13 Å². The molecule has 2 aromatic heterocycles. The van der Waals surface area contributed by atoms with Crippen LogP contribution in [-0.2, 0) is 4.79 Å². The van der Waals surface area contributed by atoms with Crippen LogP contribution in [0.2, 0.25) is 0 Å². The van der Waals surface area contributed by atoms with Crippen molar-refractivity contribution in [2.75, 3.05) is 30.3 Å². The van der Waals surface area contributed by atoms with Gasteiger partial charge in [0.1, 0.15) is 5.82 Å². The van der Waals surface area contributed by atoms with Crippen molar-refractivity contribution in [1.29, 1.82) is 0 Å². The Labute approximate surface area is 140 Å². The Hall–Kier alpha value is -1.99. The smallest absolute Gasteiger partial charge is 0.243 e. The number of thiazole rings is 1. The van der Waals surface area contributed by atoms with Crippen molar-refractivity contribution >= 4 is 28.2 Å². The van der Waals surface area contributed by atoms with Gasteiger partial charge in [-0.25, -0.2) is 9.97 Å². The van der Waals surface area contributed by atoms with E-state index < -0.39 is 0 Å². The molecule has 2 N–H and O–H groups in total. The van der Waals surface area contributed by atoms with Gasteiger partial charge in [0.25, 0.3) is 0 Å². The van der Waals surface area contributed by atoms with Crippen molar-refractivity contribution < 1.29 is 4.79 Å². The highest BCUT2D eigenvalue weighted by molar-refractivity contribution is 7.13. The minimum atomic E-state index is -0.140. The van der Waals surface area contributed by atoms with Crippen LogP contribution in [0.25, 0.3) is 0 Å². The van der Waals surface area contributed by atoms with Gasteiger partial charge in [-0.05, 0) is 37.9 Å². The van der Waals surface area contributed by atoms with Crippen LogP contribution in [0.4, 0.5) is 10.9 Å². The number of aromatic nitrogens is 2. The number of rotatable bonds is 6. The van der Waals surface area contributed by atoms with Crippen LogP contribution < -0.4 is 10.6 Å². The maximum atomic E-state index is 12.3. The SMILES string of the molecule is C[C@@H](C(=O)Nc1nccs1)N1CC[C@@H](CNc2ccccn2)C1. The Morgan fingerprint density at radius 1 is 1.43 bits per heavy atom. The van der Waals surface area contributed by atoms with E-state index in [1.807, 2.05) is 30.5 Å². The number of anilines is 2. The molecule has 1 aliphatic heterocycles. The fourth-order valence-electron chi connectivity index (χ4n) is 2.76. The average molecular weight is 331 g/mol. The molecule has 1 amide bonds. The van der Waals surface area contributed by atoms with Gasteiger partial charge >= 0.3 is 0 Å². The zero-order chi connectivity index (χ0) is 16.1. The van der Waals surface area contributed by atoms with Gasteiger partial charge in [-0.1, -0.05) is 6.07 Å². The number of likely N-dealkylation sites (tertiary alicyclic amines) is 1. The third-order valence-electron chi connectivity index (χ3n) is 4.14. The summed E-state index contributed by atoms with van der Waals surface area (Å²) < 4.78 is 0. The molecule has 0 bridgehead atoms. The summed E-state index contributed by atoms with van der Waals surface area (Å²) >= 11 is 1.44. The first-order chi connectivity index (χ1) is 11.2. The van der Waals surface area contributed by atoms with E-state index in [1.165, 1.54) is 11.3 Å².